The van der Waals surface area contributed by atoms with Crippen LogP contribution in [0.3, 0.4) is 0 Å². The zero-order valence-electron chi connectivity index (χ0n) is 13.9. The molecule has 0 aliphatic heterocycles. The van der Waals surface area contributed by atoms with Crippen molar-refractivity contribution in [3.05, 3.63) is 39.9 Å². The molecule has 10 heteroatoms. The van der Waals surface area contributed by atoms with Crippen LogP contribution in [0.15, 0.2) is 29.3 Å². The number of nitro benzene ring substituents is 1. The monoisotopic (exact) mass is 357 g/mol. The van der Waals surface area contributed by atoms with E-state index in [4.69, 9.17) is 0 Å². The topological polar surface area (TPSA) is 126 Å². The van der Waals surface area contributed by atoms with Gasteiger partial charge >= 0.3 is 0 Å². The van der Waals surface area contributed by atoms with E-state index in [1.165, 1.54) is 12.1 Å². The first-order valence-electron chi connectivity index (χ1n) is 7.40. The number of nitro groups is 1. The second-order valence-corrected chi connectivity index (χ2v) is 7.31. The summed E-state index contributed by atoms with van der Waals surface area (Å²) in [6.07, 6.45) is 1.10. The lowest BCUT2D eigenvalue weighted by Gasteiger charge is -2.15. The van der Waals surface area contributed by atoms with Gasteiger partial charge in [0.2, 0.25) is 10.0 Å². The maximum absolute atomic E-state index is 11.0. The summed E-state index contributed by atoms with van der Waals surface area (Å²) >= 11 is 0. The minimum absolute atomic E-state index is 0.0354. The summed E-state index contributed by atoms with van der Waals surface area (Å²) in [5.41, 5.74) is 0.868. The molecule has 0 aliphatic rings. The molecule has 0 unspecified atom stereocenters. The first-order chi connectivity index (χ1) is 11.2. The summed E-state index contributed by atoms with van der Waals surface area (Å²) in [5, 5.41) is 16.8. The van der Waals surface area contributed by atoms with Gasteiger partial charge in [-0.15, -0.1) is 0 Å². The van der Waals surface area contributed by atoms with Crippen LogP contribution >= 0.6 is 0 Å². The molecule has 0 radical (unpaired) electrons. The van der Waals surface area contributed by atoms with Crippen LogP contribution in [0.1, 0.15) is 19.4 Å². The molecule has 0 spiro atoms. The highest BCUT2D eigenvalue weighted by atomic mass is 32.2. The molecule has 0 aliphatic carbocycles. The van der Waals surface area contributed by atoms with E-state index in [2.05, 4.69) is 20.3 Å². The molecule has 0 aromatic heterocycles. The first kappa shape index (κ1) is 19.8. The standard InChI is InChI=1S/C14H23N5O4S/c1-11(2)18-14(15-8-9-17-24(3,22)23)16-10-12-4-6-13(7-5-12)19(20)21/h4-7,11,17H,8-10H2,1-3H3,(H2,15,16,18). The van der Waals surface area contributed by atoms with Gasteiger partial charge in [0.05, 0.1) is 17.7 Å². The van der Waals surface area contributed by atoms with Crippen molar-refractivity contribution in [2.24, 2.45) is 4.99 Å². The lowest BCUT2D eigenvalue weighted by Crippen LogP contribution is -2.44. The molecule has 9 nitrogen and oxygen atoms in total. The normalized spacial score (nSPS) is 12.2. The third-order valence-corrected chi connectivity index (χ3v) is 3.50. The Hall–Kier alpha value is -2.20. The first-order valence-corrected chi connectivity index (χ1v) is 9.29. The van der Waals surface area contributed by atoms with E-state index in [1.54, 1.807) is 12.1 Å². The number of nitrogens with zero attached hydrogens (tertiary/aromatic N) is 2. The highest BCUT2D eigenvalue weighted by Gasteiger charge is 2.05. The molecule has 0 fully saturated rings. The molecular weight excluding hydrogens is 334 g/mol. The number of rotatable bonds is 8. The van der Waals surface area contributed by atoms with Crippen molar-refractivity contribution in [3.63, 3.8) is 0 Å². The van der Waals surface area contributed by atoms with Gasteiger partial charge in [0.15, 0.2) is 5.96 Å². The molecule has 0 atom stereocenters. The molecule has 1 rings (SSSR count). The van der Waals surface area contributed by atoms with Crippen molar-refractivity contribution in [3.8, 4) is 0 Å². The minimum Gasteiger partial charge on any atom is -0.355 e. The molecule has 3 N–H and O–H groups in total. The molecule has 1 aromatic rings. The summed E-state index contributed by atoms with van der Waals surface area (Å²) in [4.78, 5) is 14.6. The second kappa shape index (κ2) is 9.18. The third-order valence-electron chi connectivity index (χ3n) is 2.77. The summed E-state index contributed by atoms with van der Waals surface area (Å²) in [7, 11) is -3.22. The van der Waals surface area contributed by atoms with Gasteiger partial charge in [-0.3, -0.25) is 10.1 Å². The summed E-state index contributed by atoms with van der Waals surface area (Å²) < 4.78 is 24.4. The quantitative estimate of drug-likeness (QED) is 0.205. The number of sulfonamides is 1. The van der Waals surface area contributed by atoms with Crippen molar-refractivity contribution in [2.75, 3.05) is 19.3 Å². The maximum Gasteiger partial charge on any atom is 0.269 e. The van der Waals surface area contributed by atoms with Crippen molar-refractivity contribution in [1.82, 2.24) is 15.4 Å². The van der Waals surface area contributed by atoms with Crippen LogP contribution in [0.4, 0.5) is 5.69 Å². The largest absolute Gasteiger partial charge is 0.355 e. The third kappa shape index (κ3) is 8.44. The SMILES string of the molecule is CC(C)NC(=NCc1ccc([N+](=O)[O-])cc1)NCCNS(C)(=O)=O. The van der Waals surface area contributed by atoms with Gasteiger partial charge in [-0.1, -0.05) is 12.1 Å². The van der Waals surface area contributed by atoms with Crippen LogP contribution in [0, 0.1) is 10.1 Å². The summed E-state index contributed by atoms with van der Waals surface area (Å²) in [6.45, 7) is 4.89. The zero-order chi connectivity index (χ0) is 18.2. The fourth-order valence-corrected chi connectivity index (χ4v) is 2.21. The van der Waals surface area contributed by atoms with Crippen molar-refractivity contribution in [1.29, 1.82) is 0 Å². The van der Waals surface area contributed by atoms with Gasteiger partial charge < -0.3 is 10.6 Å². The Kier molecular flexibility index (Phi) is 7.59. The summed E-state index contributed by atoms with van der Waals surface area (Å²) in [5.74, 6) is 0.540. The lowest BCUT2D eigenvalue weighted by atomic mass is 10.2. The van der Waals surface area contributed by atoms with E-state index in [9.17, 15) is 18.5 Å². The molecule has 0 saturated carbocycles. The Morgan fingerprint density at radius 2 is 1.88 bits per heavy atom. The number of aliphatic imine (C=N–C) groups is 1. The fraction of sp³-hybridized carbons (Fsp3) is 0.500. The molecule has 0 heterocycles. The Labute approximate surface area is 141 Å². The predicted molar refractivity (Wildman–Crippen MR) is 93.4 cm³/mol. The Morgan fingerprint density at radius 3 is 2.38 bits per heavy atom. The van der Waals surface area contributed by atoms with E-state index < -0.39 is 14.9 Å². The van der Waals surface area contributed by atoms with Crippen LogP contribution in [0.2, 0.25) is 0 Å². The van der Waals surface area contributed by atoms with E-state index in [0.29, 0.717) is 19.0 Å². The van der Waals surface area contributed by atoms with Crippen LogP contribution in [-0.2, 0) is 16.6 Å². The highest BCUT2D eigenvalue weighted by molar-refractivity contribution is 7.88. The number of benzene rings is 1. The fourth-order valence-electron chi connectivity index (χ4n) is 1.74. The summed E-state index contributed by atoms with van der Waals surface area (Å²) in [6, 6.07) is 6.32. The van der Waals surface area contributed by atoms with Crippen LogP contribution in [-0.4, -0.2) is 44.7 Å². The van der Waals surface area contributed by atoms with Gasteiger partial charge in [0.25, 0.3) is 5.69 Å². The molecule has 0 bridgehead atoms. The van der Waals surface area contributed by atoms with E-state index >= 15 is 0 Å². The maximum atomic E-state index is 11.0. The Bertz CT molecular complexity index is 671. The molecular formula is C14H23N5O4S. The number of hydrogen-bond acceptors (Lipinski definition) is 5. The van der Waals surface area contributed by atoms with Gasteiger partial charge in [0.1, 0.15) is 0 Å². The van der Waals surface area contributed by atoms with E-state index in [0.717, 1.165) is 11.8 Å². The molecule has 24 heavy (non-hydrogen) atoms. The van der Waals surface area contributed by atoms with Gasteiger partial charge in [-0.05, 0) is 19.4 Å². The van der Waals surface area contributed by atoms with Crippen LogP contribution < -0.4 is 15.4 Å². The number of nitrogens with one attached hydrogen (secondary N) is 3. The van der Waals surface area contributed by atoms with Crippen molar-refractivity contribution < 1.29 is 13.3 Å². The van der Waals surface area contributed by atoms with Crippen molar-refractivity contribution in [2.45, 2.75) is 26.4 Å². The smallest absolute Gasteiger partial charge is 0.269 e. The van der Waals surface area contributed by atoms with Crippen molar-refractivity contribution >= 4 is 21.7 Å². The molecule has 0 saturated heterocycles. The molecule has 1 aromatic carbocycles. The van der Waals surface area contributed by atoms with E-state index in [1.807, 2.05) is 13.8 Å². The average Bonchev–Trinajstić information content (AvgIpc) is 2.47. The second-order valence-electron chi connectivity index (χ2n) is 5.48. The Balaban J connectivity index is 2.62. The predicted octanol–water partition coefficient (Wildman–Crippen LogP) is 0.588. The minimum atomic E-state index is -3.22. The molecule has 0 amide bonds. The van der Waals surface area contributed by atoms with Crippen LogP contribution in [0.25, 0.3) is 0 Å². The van der Waals surface area contributed by atoms with Crippen LogP contribution in [0.5, 0.6) is 0 Å². The van der Waals surface area contributed by atoms with Gasteiger partial charge in [0, 0.05) is 31.3 Å². The van der Waals surface area contributed by atoms with Gasteiger partial charge in [-0.2, -0.15) is 0 Å². The van der Waals surface area contributed by atoms with Gasteiger partial charge in [-0.25, -0.2) is 18.1 Å². The number of non-ortho nitro benzene ring substituents is 1. The lowest BCUT2D eigenvalue weighted by molar-refractivity contribution is -0.384. The molecule has 134 valence electrons. The number of guanidine groups is 1. The zero-order valence-corrected chi connectivity index (χ0v) is 14.8. The average molecular weight is 357 g/mol. The highest BCUT2D eigenvalue weighted by Crippen LogP contribution is 2.12. The van der Waals surface area contributed by atoms with E-state index in [-0.39, 0.29) is 18.3 Å². The Morgan fingerprint density at radius 1 is 1.25 bits per heavy atom. The number of hydrogen-bond donors (Lipinski definition) is 3.